The number of hydrogen-bond acceptors (Lipinski definition) is 2. The Morgan fingerprint density at radius 3 is 2.65 bits per heavy atom. The number of hydrogen-bond donors (Lipinski definition) is 1. The minimum Gasteiger partial charge on any atom is -0.331 e. The Morgan fingerprint density at radius 1 is 1.39 bits per heavy atom. The smallest absolute Gasteiger partial charge is 0.318 e. The van der Waals surface area contributed by atoms with Crippen LogP contribution in [0.1, 0.15) is 38.3 Å². The van der Waals surface area contributed by atoms with Crippen LogP contribution in [0.2, 0.25) is 10.0 Å². The lowest BCUT2D eigenvalue weighted by atomic mass is 10.0. The molecule has 1 aromatic rings. The van der Waals surface area contributed by atoms with Crippen molar-refractivity contribution in [2.75, 3.05) is 26.7 Å². The van der Waals surface area contributed by atoms with Crippen LogP contribution in [0.25, 0.3) is 0 Å². The summed E-state index contributed by atoms with van der Waals surface area (Å²) in [6.45, 7) is 6.72. The highest BCUT2D eigenvalue weighted by molar-refractivity contribution is 6.42. The normalized spacial score (nSPS) is 17.8. The number of piperidine rings is 1. The molecule has 6 heteroatoms. The third-order valence-corrected chi connectivity index (χ3v) is 5.35. The van der Waals surface area contributed by atoms with Crippen LogP contribution in [-0.2, 0) is 0 Å². The van der Waals surface area contributed by atoms with Crippen LogP contribution in [0.3, 0.4) is 0 Å². The SMILES string of the molecule is CCN(C(=O)N[C@H](C)c1cccc(Cl)c1Cl)C1CCN(C)CC1. The predicted molar refractivity (Wildman–Crippen MR) is 96.3 cm³/mol. The Kier molecular flexibility index (Phi) is 6.57. The van der Waals surface area contributed by atoms with Crippen molar-refractivity contribution in [3.05, 3.63) is 33.8 Å². The number of carbonyl (C=O) groups is 1. The summed E-state index contributed by atoms with van der Waals surface area (Å²) in [4.78, 5) is 16.9. The van der Waals surface area contributed by atoms with E-state index in [9.17, 15) is 4.79 Å². The molecule has 0 aliphatic carbocycles. The number of amides is 2. The van der Waals surface area contributed by atoms with Gasteiger partial charge in [0, 0.05) is 12.6 Å². The molecule has 1 aromatic carbocycles. The van der Waals surface area contributed by atoms with Crippen molar-refractivity contribution in [2.24, 2.45) is 0 Å². The average Bonchev–Trinajstić information content (AvgIpc) is 2.52. The van der Waals surface area contributed by atoms with Gasteiger partial charge in [-0.2, -0.15) is 0 Å². The summed E-state index contributed by atoms with van der Waals surface area (Å²) in [6, 6.07) is 5.57. The van der Waals surface area contributed by atoms with Crippen LogP contribution in [0.4, 0.5) is 4.79 Å². The molecule has 0 aromatic heterocycles. The molecule has 0 spiro atoms. The molecule has 0 radical (unpaired) electrons. The van der Waals surface area contributed by atoms with Gasteiger partial charge >= 0.3 is 6.03 Å². The Labute approximate surface area is 148 Å². The van der Waals surface area contributed by atoms with E-state index in [0.717, 1.165) is 31.5 Å². The Bertz CT molecular complexity index is 545. The third-order valence-electron chi connectivity index (χ3n) is 4.52. The van der Waals surface area contributed by atoms with Crippen LogP contribution in [0.15, 0.2) is 18.2 Å². The molecule has 1 heterocycles. The van der Waals surface area contributed by atoms with Crippen LogP contribution in [0, 0.1) is 0 Å². The largest absolute Gasteiger partial charge is 0.331 e. The van der Waals surface area contributed by atoms with E-state index in [-0.39, 0.29) is 12.1 Å². The van der Waals surface area contributed by atoms with Crippen molar-refractivity contribution in [3.8, 4) is 0 Å². The first-order valence-corrected chi connectivity index (χ1v) is 8.89. The summed E-state index contributed by atoms with van der Waals surface area (Å²) < 4.78 is 0. The molecule has 0 saturated carbocycles. The molecule has 2 rings (SSSR count). The van der Waals surface area contributed by atoms with E-state index in [2.05, 4.69) is 17.3 Å². The van der Waals surface area contributed by atoms with E-state index in [0.29, 0.717) is 22.6 Å². The molecule has 2 amide bonds. The molecule has 1 saturated heterocycles. The molecular formula is C17H25Cl2N3O. The van der Waals surface area contributed by atoms with Gasteiger partial charge in [-0.3, -0.25) is 0 Å². The number of benzene rings is 1. The average molecular weight is 358 g/mol. The van der Waals surface area contributed by atoms with Gasteiger partial charge in [-0.05, 0) is 58.5 Å². The first kappa shape index (κ1) is 18.4. The highest BCUT2D eigenvalue weighted by Crippen LogP contribution is 2.30. The van der Waals surface area contributed by atoms with E-state index in [1.54, 1.807) is 6.07 Å². The first-order valence-electron chi connectivity index (χ1n) is 8.13. The van der Waals surface area contributed by atoms with Gasteiger partial charge in [0.2, 0.25) is 0 Å². The maximum Gasteiger partial charge on any atom is 0.318 e. The second kappa shape index (κ2) is 8.22. The number of halogens is 2. The van der Waals surface area contributed by atoms with Crippen molar-refractivity contribution in [1.82, 2.24) is 15.1 Å². The number of rotatable bonds is 4. The number of urea groups is 1. The number of nitrogens with zero attached hydrogens (tertiary/aromatic N) is 2. The third kappa shape index (κ3) is 4.52. The lowest BCUT2D eigenvalue weighted by Crippen LogP contribution is -2.50. The lowest BCUT2D eigenvalue weighted by molar-refractivity contribution is 0.133. The molecular weight excluding hydrogens is 333 g/mol. The van der Waals surface area contributed by atoms with Crippen molar-refractivity contribution in [1.29, 1.82) is 0 Å². The van der Waals surface area contributed by atoms with Gasteiger partial charge in [0.1, 0.15) is 0 Å². The van der Waals surface area contributed by atoms with E-state index in [1.165, 1.54) is 0 Å². The van der Waals surface area contributed by atoms with Crippen LogP contribution >= 0.6 is 23.2 Å². The van der Waals surface area contributed by atoms with Crippen molar-refractivity contribution < 1.29 is 4.79 Å². The maximum absolute atomic E-state index is 12.7. The molecule has 1 aliphatic heterocycles. The Balaban J connectivity index is 2.02. The summed E-state index contributed by atoms with van der Waals surface area (Å²) in [6.07, 6.45) is 2.04. The van der Waals surface area contributed by atoms with E-state index in [1.807, 2.05) is 30.9 Å². The van der Waals surface area contributed by atoms with Gasteiger partial charge < -0.3 is 15.1 Å². The maximum atomic E-state index is 12.7. The van der Waals surface area contributed by atoms with Crippen molar-refractivity contribution in [3.63, 3.8) is 0 Å². The monoisotopic (exact) mass is 357 g/mol. The number of nitrogens with one attached hydrogen (secondary N) is 1. The molecule has 1 aliphatic rings. The molecule has 1 atom stereocenters. The molecule has 1 N–H and O–H groups in total. The minimum absolute atomic E-state index is 0.0365. The van der Waals surface area contributed by atoms with E-state index >= 15 is 0 Å². The fourth-order valence-electron chi connectivity index (χ4n) is 3.08. The van der Waals surface area contributed by atoms with Gasteiger partial charge in [-0.1, -0.05) is 35.3 Å². The van der Waals surface area contributed by atoms with Crippen LogP contribution < -0.4 is 5.32 Å². The highest BCUT2D eigenvalue weighted by Gasteiger charge is 2.27. The minimum atomic E-state index is -0.186. The fraction of sp³-hybridized carbons (Fsp3) is 0.588. The Morgan fingerprint density at radius 2 is 2.04 bits per heavy atom. The van der Waals surface area contributed by atoms with Crippen LogP contribution in [0.5, 0.6) is 0 Å². The molecule has 23 heavy (non-hydrogen) atoms. The first-order chi connectivity index (χ1) is 10.9. The van der Waals surface area contributed by atoms with Gasteiger partial charge in [0.25, 0.3) is 0 Å². The quantitative estimate of drug-likeness (QED) is 0.876. The van der Waals surface area contributed by atoms with Gasteiger partial charge in [0.05, 0.1) is 16.1 Å². The zero-order chi connectivity index (χ0) is 17.0. The van der Waals surface area contributed by atoms with Gasteiger partial charge in [-0.25, -0.2) is 4.79 Å². The second-order valence-electron chi connectivity index (χ2n) is 6.13. The van der Waals surface area contributed by atoms with Crippen molar-refractivity contribution in [2.45, 2.75) is 38.8 Å². The van der Waals surface area contributed by atoms with Gasteiger partial charge in [-0.15, -0.1) is 0 Å². The molecule has 0 unspecified atom stereocenters. The number of likely N-dealkylation sites (tertiary alicyclic amines) is 1. The Hall–Kier alpha value is -0.970. The second-order valence-corrected chi connectivity index (χ2v) is 6.92. The van der Waals surface area contributed by atoms with E-state index < -0.39 is 0 Å². The van der Waals surface area contributed by atoms with E-state index in [4.69, 9.17) is 23.2 Å². The molecule has 128 valence electrons. The summed E-state index contributed by atoms with van der Waals surface area (Å²) in [5.74, 6) is 0. The zero-order valence-electron chi connectivity index (χ0n) is 14.0. The van der Waals surface area contributed by atoms with Crippen molar-refractivity contribution >= 4 is 29.2 Å². The van der Waals surface area contributed by atoms with Gasteiger partial charge in [0.15, 0.2) is 0 Å². The number of carbonyl (C=O) groups excluding carboxylic acids is 1. The molecule has 4 nitrogen and oxygen atoms in total. The topological polar surface area (TPSA) is 35.6 Å². The zero-order valence-corrected chi connectivity index (χ0v) is 15.5. The predicted octanol–water partition coefficient (Wildman–Crippen LogP) is 4.18. The molecule has 0 bridgehead atoms. The lowest BCUT2D eigenvalue weighted by Gasteiger charge is -2.37. The highest BCUT2D eigenvalue weighted by atomic mass is 35.5. The fourth-order valence-corrected chi connectivity index (χ4v) is 3.55. The molecule has 1 fully saturated rings. The summed E-state index contributed by atoms with van der Waals surface area (Å²) in [5.41, 5.74) is 0.840. The summed E-state index contributed by atoms with van der Waals surface area (Å²) in [5, 5.41) is 4.07. The van der Waals surface area contributed by atoms with Crippen LogP contribution in [-0.4, -0.2) is 48.6 Å². The summed E-state index contributed by atoms with van der Waals surface area (Å²) in [7, 11) is 2.12. The standard InChI is InChI=1S/C17H25Cl2N3O/c1-4-22(13-8-10-21(3)11-9-13)17(23)20-12(2)14-6-5-7-15(18)16(14)19/h5-7,12-13H,4,8-11H2,1-3H3,(H,20,23)/t12-/m1/s1. The summed E-state index contributed by atoms with van der Waals surface area (Å²) >= 11 is 12.3.